The van der Waals surface area contributed by atoms with Crippen LogP contribution in [0.3, 0.4) is 0 Å². The smallest absolute Gasteiger partial charge is 0.204 e. The van der Waals surface area contributed by atoms with Gasteiger partial charge in [0.1, 0.15) is 0 Å². The van der Waals surface area contributed by atoms with Crippen LogP contribution in [0.5, 0.6) is 0 Å². The van der Waals surface area contributed by atoms with Crippen LogP contribution in [-0.2, 0) is 9.84 Å². The zero-order chi connectivity index (χ0) is 25.5. The quantitative estimate of drug-likeness (QED) is 0.179. The summed E-state index contributed by atoms with van der Waals surface area (Å²) >= 11 is 0. The highest BCUT2D eigenvalue weighted by Crippen LogP contribution is 2.22. The lowest BCUT2D eigenvalue weighted by atomic mass is 10.1. The van der Waals surface area contributed by atoms with E-state index >= 15 is 0 Å². The molecular formula is C30H45NO3S. The molecule has 4 nitrogen and oxygen atoms in total. The minimum Gasteiger partial charge on any atom is -0.377 e. The number of rotatable bonds is 17. The molecule has 0 aromatic heterocycles. The highest BCUT2D eigenvalue weighted by atomic mass is 32.2. The van der Waals surface area contributed by atoms with Crippen molar-refractivity contribution in [3.63, 3.8) is 0 Å². The van der Waals surface area contributed by atoms with E-state index in [0.29, 0.717) is 0 Å². The van der Waals surface area contributed by atoms with Crippen LogP contribution in [0.1, 0.15) is 96.1 Å². The second-order valence-corrected chi connectivity index (χ2v) is 11.5. The fraction of sp³-hybridized carbons (Fsp3) is 0.533. The van der Waals surface area contributed by atoms with Crippen molar-refractivity contribution in [3.05, 3.63) is 59.7 Å². The van der Waals surface area contributed by atoms with Gasteiger partial charge in [-0.3, -0.25) is 0 Å². The molecule has 5 heteroatoms. The molecule has 0 saturated carbocycles. The van der Waals surface area contributed by atoms with Crippen molar-refractivity contribution >= 4 is 27.7 Å². The lowest BCUT2D eigenvalue weighted by Crippen LogP contribution is -2.25. The van der Waals surface area contributed by atoms with Crippen LogP contribution < -0.4 is 4.90 Å². The summed E-state index contributed by atoms with van der Waals surface area (Å²) in [6.07, 6.45) is 14.2. The molecule has 194 valence electrons. The lowest BCUT2D eigenvalue weighted by molar-refractivity contribution is 0.233. The summed E-state index contributed by atoms with van der Waals surface area (Å²) in [5, 5.41) is 10.3. The second-order valence-electron chi connectivity index (χ2n) is 9.39. The standard InChI is InChI=1S/C30H45NO3S/c1-4-7-10-11-12-13-30(32)35(33,34)29-22-18-27(19-23-29)15-14-26-16-20-28(21-17-26)31(24-8-5-2)25-9-6-3/h14-23,30,32H,4-13,24-25H2,1-3H3. The summed E-state index contributed by atoms with van der Waals surface area (Å²) in [6, 6.07) is 15.4. The molecule has 0 spiro atoms. The van der Waals surface area contributed by atoms with Gasteiger partial charge >= 0.3 is 0 Å². The molecule has 35 heavy (non-hydrogen) atoms. The van der Waals surface area contributed by atoms with Crippen molar-refractivity contribution in [2.75, 3.05) is 18.0 Å². The van der Waals surface area contributed by atoms with E-state index < -0.39 is 15.3 Å². The molecule has 0 bridgehead atoms. The summed E-state index contributed by atoms with van der Waals surface area (Å²) in [6.45, 7) is 8.78. The number of unbranched alkanes of at least 4 members (excludes halogenated alkanes) is 6. The predicted octanol–water partition coefficient (Wildman–Crippen LogP) is 7.72. The summed E-state index contributed by atoms with van der Waals surface area (Å²) in [7, 11) is -3.72. The first-order valence-corrected chi connectivity index (χ1v) is 15.0. The zero-order valence-corrected chi connectivity index (χ0v) is 22.8. The monoisotopic (exact) mass is 499 g/mol. The van der Waals surface area contributed by atoms with Gasteiger partial charge in [-0.05, 0) is 61.1 Å². The third-order valence-electron chi connectivity index (χ3n) is 6.41. The van der Waals surface area contributed by atoms with Gasteiger partial charge < -0.3 is 10.0 Å². The van der Waals surface area contributed by atoms with E-state index in [1.165, 1.54) is 31.4 Å². The lowest BCUT2D eigenvalue weighted by Gasteiger charge is -2.24. The summed E-state index contributed by atoms with van der Waals surface area (Å²) in [5.41, 5.74) is 1.96. The Hall–Kier alpha value is -2.11. The van der Waals surface area contributed by atoms with E-state index in [1.807, 2.05) is 12.2 Å². The molecule has 0 heterocycles. The van der Waals surface area contributed by atoms with Crippen molar-refractivity contribution in [1.29, 1.82) is 0 Å². The van der Waals surface area contributed by atoms with E-state index in [9.17, 15) is 13.5 Å². The van der Waals surface area contributed by atoms with Crippen LogP contribution in [0.4, 0.5) is 5.69 Å². The third kappa shape index (κ3) is 9.81. The molecule has 0 aliphatic carbocycles. The molecule has 0 fully saturated rings. The van der Waals surface area contributed by atoms with Gasteiger partial charge in [0.25, 0.3) is 0 Å². The van der Waals surface area contributed by atoms with E-state index in [-0.39, 0.29) is 11.3 Å². The fourth-order valence-corrected chi connectivity index (χ4v) is 5.37. The molecule has 0 aliphatic heterocycles. The minimum atomic E-state index is -3.72. The van der Waals surface area contributed by atoms with Crippen LogP contribution >= 0.6 is 0 Å². The first-order chi connectivity index (χ1) is 16.9. The Morgan fingerprint density at radius 3 is 1.71 bits per heavy atom. The van der Waals surface area contributed by atoms with Gasteiger partial charge in [0.05, 0.1) is 4.90 Å². The Morgan fingerprint density at radius 2 is 1.20 bits per heavy atom. The first kappa shape index (κ1) is 29.1. The van der Waals surface area contributed by atoms with Gasteiger partial charge in [0.15, 0.2) is 5.44 Å². The highest BCUT2D eigenvalue weighted by molar-refractivity contribution is 7.91. The van der Waals surface area contributed by atoms with Gasteiger partial charge in [-0.15, -0.1) is 0 Å². The Morgan fingerprint density at radius 1 is 0.714 bits per heavy atom. The van der Waals surface area contributed by atoms with Gasteiger partial charge in [-0.2, -0.15) is 0 Å². The topological polar surface area (TPSA) is 57.6 Å². The summed E-state index contributed by atoms with van der Waals surface area (Å²) in [4.78, 5) is 2.65. The number of hydrogen-bond donors (Lipinski definition) is 1. The van der Waals surface area contributed by atoms with Crippen molar-refractivity contribution < 1.29 is 13.5 Å². The van der Waals surface area contributed by atoms with Crippen LogP contribution in [0, 0.1) is 0 Å². The highest BCUT2D eigenvalue weighted by Gasteiger charge is 2.24. The van der Waals surface area contributed by atoms with E-state index in [0.717, 1.165) is 56.3 Å². The summed E-state index contributed by atoms with van der Waals surface area (Å²) in [5.74, 6) is 0. The number of anilines is 1. The molecule has 1 atom stereocenters. The van der Waals surface area contributed by atoms with Crippen LogP contribution in [0.25, 0.3) is 12.2 Å². The van der Waals surface area contributed by atoms with Crippen LogP contribution in [0.15, 0.2) is 53.4 Å². The van der Waals surface area contributed by atoms with Gasteiger partial charge in [0, 0.05) is 18.8 Å². The molecular weight excluding hydrogens is 454 g/mol. The number of benzene rings is 2. The number of aliphatic hydroxyl groups excluding tert-OH is 1. The van der Waals surface area contributed by atoms with Gasteiger partial charge in [-0.25, -0.2) is 8.42 Å². The minimum absolute atomic E-state index is 0.180. The molecule has 0 radical (unpaired) electrons. The Balaban J connectivity index is 1.97. The molecule has 0 amide bonds. The summed E-state index contributed by atoms with van der Waals surface area (Å²) < 4.78 is 25.4. The first-order valence-electron chi connectivity index (χ1n) is 13.5. The van der Waals surface area contributed by atoms with E-state index in [4.69, 9.17) is 0 Å². The normalized spacial score (nSPS) is 12.8. The number of hydrogen-bond acceptors (Lipinski definition) is 4. The number of nitrogens with zero attached hydrogens (tertiary/aromatic N) is 1. The Bertz CT molecular complexity index is 958. The Kier molecular flexibility index (Phi) is 13.1. The zero-order valence-electron chi connectivity index (χ0n) is 22.0. The van der Waals surface area contributed by atoms with Crippen LogP contribution in [0.2, 0.25) is 0 Å². The maximum absolute atomic E-state index is 12.7. The molecule has 2 aromatic rings. The fourth-order valence-electron chi connectivity index (χ4n) is 4.06. The Labute approximate surface area is 214 Å². The molecule has 0 saturated heterocycles. The molecule has 1 unspecified atom stereocenters. The largest absolute Gasteiger partial charge is 0.377 e. The maximum atomic E-state index is 12.7. The molecule has 2 rings (SSSR count). The van der Waals surface area contributed by atoms with Crippen molar-refractivity contribution in [2.45, 2.75) is 95.3 Å². The predicted molar refractivity (Wildman–Crippen MR) is 150 cm³/mol. The van der Waals surface area contributed by atoms with E-state index in [1.54, 1.807) is 24.3 Å². The number of aliphatic hydroxyl groups is 1. The molecule has 1 N–H and O–H groups in total. The maximum Gasteiger partial charge on any atom is 0.204 e. The van der Waals surface area contributed by atoms with Gasteiger partial charge in [0.2, 0.25) is 9.84 Å². The van der Waals surface area contributed by atoms with Crippen molar-refractivity contribution in [2.24, 2.45) is 0 Å². The molecule has 2 aromatic carbocycles. The average molecular weight is 500 g/mol. The van der Waals surface area contributed by atoms with E-state index in [2.05, 4.69) is 49.9 Å². The average Bonchev–Trinajstić information content (AvgIpc) is 2.88. The second kappa shape index (κ2) is 15.8. The van der Waals surface area contributed by atoms with Gasteiger partial charge in [-0.1, -0.05) is 95.7 Å². The van der Waals surface area contributed by atoms with Crippen molar-refractivity contribution in [3.8, 4) is 0 Å². The SMILES string of the molecule is CCCCCCCC(O)S(=O)(=O)c1ccc(C=Cc2ccc(N(CCCC)CCCC)cc2)cc1. The van der Waals surface area contributed by atoms with Crippen molar-refractivity contribution in [1.82, 2.24) is 0 Å². The van der Waals surface area contributed by atoms with Crippen LogP contribution in [-0.4, -0.2) is 32.0 Å². The number of sulfone groups is 1. The third-order valence-corrected chi connectivity index (χ3v) is 8.29. The molecule has 0 aliphatic rings.